The molecule has 0 bridgehead atoms. The number of piperidine rings is 1. The molecule has 29 heavy (non-hydrogen) atoms. The van der Waals surface area contributed by atoms with Crippen LogP contribution in [-0.2, 0) is 23.5 Å². The first-order valence-electron chi connectivity index (χ1n) is 9.16. The molecule has 2 aromatic heterocycles. The number of rotatable bonds is 3. The van der Waals surface area contributed by atoms with Crippen LogP contribution >= 0.6 is 15.9 Å². The van der Waals surface area contributed by atoms with E-state index < -0.39 is 6.10 Å². The molecule has 8 heteroatoms. The number of hydrogen-bond donors (Lipinski definition) is 1. The van der Waals surface area contributed by atoms with Crippen LogP contribution in [0.1, 0.15) is 33.7 Å². The third kappa shape index (κ3) is 4.51. The Morgan fingerprint density at radius 3 is 2.83 bits per heavy atom. The minimum absolute atomic E-state index is 0. The molecule has 1 aliphatic rings. The fourth-order valence-electron chi connectivity index (χ4n) is 3.49. The van der Waals surface area contributed by atoms with Crippen LogP contribution in [0.15, 0.2) is 41.1 Å². The van der Waals surface area contributed by atoms with Crippen LogP contribution in [0.4, 0.5) is 0 Å². The van der Waals surface area contributed by atoms with Crippen LogP contribution in [0.5, 0.6) is 0 Å². The van der Waals surface area contributed by atoms with Crippen molar-refractivity contribution in [2.24, 2.45) is 0 Å². The Kier molecular flexibility index (Phi) is 6.68. The molecule has 1 N–H and O–H groups in total. The quantitative estimate of drug-likeness (QED) is 0.447. The van der Waals surface area contributed by atoms with Gasteiger partial charge < -0.3 is 10.0 Å². The summed E-state index contributed by atoms with van der Waals surface area (Å²) in [6.07, 6.45) is 4.23. The average Bonchev–Trinajstić information content (AvgIpc) is 3.07. The van der Waals surface area contributed by atoms with Gasteiger partial charge in [-0.25, -0.2) is 9.97 Å². The van der Waals surface area contributed by atoms with E-state index in [4.69, 9.17) is 0 Å². The Morgan fingerprint density at radius 2 is 2.10 bits per heavy atom. The number of nitrogens with zero attached hydrogens (tertiary/aromatic N) is 4. The molecule has 0 saturated carbocycles. The Morgan fingerprint density at radius 1 is 1.34 bits per heavy atom. The number of likely N-dealkylation sites (tertiary alicyclic amines) is 1. The predicted molar refractivity (Wildman–Crippen MR) is 110 cm³/mol. The number of aliphatic hydroxyl groups is 1. The molecule has 6 nitrogen and oxygen atoms in total. The van der Waals surface area contributed by atoms with Gasteiger partial charge in [0.15, 0.2) is 0 Å². The fraction of sp³-hybridized carbons (Fsp3) is 0.286. The molecule has 1 aliphatic heterocycles. The van der Waals surface area contributed by atoms with Gasteiger partial charge >= 0.3 is 17.1 Å². The minimum Gasteiger partial charge on any atom is -0.423 e. The van der Waals surface area contributed by atoms with E-state index in [-0.39, 0.29) is 29.5 Å². The van der Waals surface area contributed by atoms with Crippen LogP contribution in [0.2, 0.25) is 0 Å². The molecule has 1 aromatic carbocycles. The molecule has 1 fully saturated rings. The van der Waals surface area contributed by atoms with Gasteiger partial charge in [-0.05, 0) is 35.5 Å². The normalized spacial score (nSPS) is 17.3. The van der Waals surface area contributed by atoms with E-state index in [0.29, 0.717) is 30.9 Å². The van der Waals surface area contributed by atoms with Gasteiger partial charge in [0.25, 0.3) is 5.91 Å². The number of benzene rings is 1. The van der Waals surface area contributed by atoms with Gasteiger partial charge in [0.1, 0.15) is 5.69 Å². The predicted octanol–water partition coefficient (Wildman–Crippen LogP) is 3.00. The van der Waals surface area contributed by atoms with E-state index in [0.717, 1.165) is 27.2 Å². The topological polar surface area (TPSA) is 70.7 Å². The molecular weight excluding hydrogens is 475 g/mol. The summed E-state index contributed by atoms with van der Waals surface area (Å²) in [6, 6.07) is 7.94. The fourth-order valence-corrected chi connectivity index (χ4v) is 3.79. The van der Waals surface area contributed by atoms with Crippen LogP contribution in [0.25, 0.3) is 5.78 Å². The largest absolute Gasteiger partial charge is 2.00 e. The maximum absolute atomic E-state index is 12.9. The number of carbonyl (C=O) groups excluding carboxylic acids is 1. The van der Waals surface area contributed by atoms with E-state index >= 15 is 0 Å². The van der Waals surface area contributed by atoms with Gasteiger partial charge in [0.2, 0.25) is 5.78 Å². The van der Waals surface area contributed by atoms with Gasteiger partial charge in [-0.3, -0.25) is 15.1 Å². The van der Waals surface area contributed by atoms with Gasteiger partial charge in [0, 0.05) is 18.9 Å². The van der Waals surface area contributed by atoms with Crippen LogP contribution in [0, 0.1) is 19.8 Å². The number of aromatic nitrogens is 3. The number of carbonyl (C=O) groups is 1. The summed E-state index contributed by atoms with van der Waals surface area (Å²) in [5.41, 5.74) is 3.24. The summed E-state index contributed by atoms with van der Waals surface area (Å²) >= 11 is 3.44. The van der Waals surface area contributed by atoms with Crippen molar-refractivity contribution in [2.45, 2.75) is 25.9 Å². The first kappa shape index (κ1) is 21.8. The van der Waals surface area contributed by atoms with Crippen molar-refractivity contribution in [3.8, 4) is 0 Å². The Labute approximate surface area is 189 Å². The summed E-state index contributed by atoms with van der Waals surface area (Å²) in [5, 5.41) is 10.6. The number of fused-ring (bicyclic) bond motifs is 1. The second kappa shape index (κ2) is 8.88. The molecule has 1 atom stereocenters. The van der Waals surface area contributed by atoms with Crippen molar-refractivity contribution in [2.75, 3.05) is 13.1 Å². The Hall–Kier alpha value is -1.86. The second-order valence-electron chi connectivity index (χ2n) is 7.13. The zero-order valence-electron chi connectivity index (χ0n) is 16.0. The van der Waals surface area contributed by atoms with Crippen molar-refractivity contribution in [3.05, 3.63) is 76.5 Å². The van der Waals surface area contributed by atoms with E-state index in [1.54, 1.807) is 15.5 Å². The zero-order chi connectivity index (χ0) is 19.8. The minimum atomic E-state index is -0.649. The number of aryl methyl sites for hydroxylation is 1. The molecule has 151 valence electrons. The zero-order valence-corrected chi connectivity index (χ0v) is 18.7. The van der Waals surface area contributed by atoms with Gasteiger partial charge in [-0.15, -0.1) is 12.1 Å². The maximum atomic E-state index is 12.9. The molecule has 1 unspecified atom stereocenters. The molecule has 1 radical (unpaired) electrons. The number of β-amino-alcohol motifs (C(OH)–C–C–N with tert-alkyl or cyclic N) is 1. The molecule has 1 saturated heterocycles. The molecule has 1 amide bonds. The first-order chi connectivity index (χ1) is 13.4. The van der Waals surface area contributed by atoms with Crippen molar-refractivity contribution < 1.29 is 27.0 Å². The van der Waals surface area contributed by atoms with Crippen molar-refractivity contribution >= 4 is 27.6 Å². The molecule has 0 aliphatic carbocycles. The van der Waals surface area contributed by atoms with Crippen LogP contribution in [-0.4, -0.2) is 49.5 Å². The SMILES string of the molecule is [CH2-]c1ccccc1C[C-]1CCN(C(=O)c2cn3cc(Br)c(C)nc3n2)CC1O.[Mn+2]. The standard InChI is InChI=1S/C21H21BrN4O2.Mn/c1-13-5-3-4-6-15(13)9-16-7-8-25(12-19(16)27)20(28)18-11-26-10-17(22)14(2)23-21(26)24-18;/h3-6,10-11,19,27H,1,7-9,12H2,2H3;/q-2;+2. The number of halogens is 1. The van der Waals surface area contributed by atoms with Crippen molar-refractivity contribution in [1.82, 2.24) is 19.3 Å². The molecule has 3 heterocycles. The third-order valence-corrected chi connectivity index (χ3v) is 5.97. The van der Waals surface area contributed by atoms with Crippen LogP contribution in [0.3, 0.4) is 0 Å². The number of amides is 1. The van der Waals surface area contributed by atoms with Gasteiger partial charge in [-0.2, -0.15) is 37.0 Å². The molecule has 3 aromatic rings. The van der Waals surface area contributed by atoms with Crippen molar-refractivity contribution in [1.29, 1.82) is 0 Å². The molecule has 4 rings (SSSR count). The van der Waals surface area contributed by atoms with Gasteiger partial charge in [-0.1, -0.05) is 6.07 Å². The number of imidazole rings is 1. The van der Waals surface area contributed by atoms with E-state index in [1.165, 1.54) is 0 Å². The summed E-state index contributed by atoms with van der Waals surface area (Å²) in [6.45, 7) is 6.76. The summed E-state index contributed by atoms with van der Waals surface area (Å²) < 4.78 is 2.59. The van der Waals surface area contributed by atoms with Crippen LogP contribution < -0.4 is 0 Å². The smallest absolute Gasteiger partial charge is 0.423 e. The summed E-state index contributed by atoms with van der Waals surface area (Å²) in [7, 11) is 0. The first-order valence-corrected chi connectivity index (χ1v) is 9.95. The van der Waals surface area contributed by atoms with Gasteiger partial charge in [0.05, 0.1) is 10.2 Å². The second-order valence-corrected chi connectivity index (χ2v) is 7.98. The summed E-state index contributed by atoms with van der Waals surface area (Å²) in [5.74, 6) is 1.34. The van der Waals surface area contributed by atoms with E-state index in [1.807, 2.05) is 37.4 Å². The third-order valence-electron chi connectivity index (χ3n) is 5.19. The Balaban J connectivity index is 0.00000240. The molecular formula is C21H21BrMnN4O2. The Bertz CT molecular complexity index is 1000. The van der Waals surface area contributed by atoms with E-state index in [2.05, 4.69) is 32.8 Å². The number of hydrogen-bond acceptors (Lipinski definition) is 4. The summed E-state index contributed by atoms with van der Waals surface area (Å²) in [4.78, 5) is 23.3. The average molecular weight is 496 g/mol. The monoisotopic (exact) mass is 495 g/mol. The molecule has 0 spiro atoms. The maximum Gasteiger partial charge on any atom is 2.00 e. The van der Waals surface area contributed by atoms with E-state index in [9.17, 15) is 9.90 Å². The van der Waals surface area contributed by atoms with Crippen molar-refractivity contribution in [3.63, 3.8) is 0 Å². The number of aliphatic hydroxyl groups excluding tert-OH is 1.